The minimum atomic E-state index is -0.732. The van der Waals surface area contributed by atoms with Crippen molar-refractivity contribution in [2.75, 3.05) is 19.0 Å². The molecule has 0 atom stereocenters. The Labute approximate surface area is 174 Å². The average molecular weight is 415 g/mol. The zero-order valence-corrected chi connectivity index (χ0v) is 16.9. The van der Waals surface area contributed by atoms with Crippen molar-refractivity contribution in [3.8, 4) is 0 Å². The van der Waals surface area contributed by atoms with Gasteiger partial charge in [0.1, 0.15) is 0 Å². The molecule has 2 aromatic carbocycles. The summed E-state index contributed by atoms with van der Waals surface area (Å²) in [6, 6.07) is 13.7. The first-order valence-corrected chi connectivity index (χ1v) is 9.88. The van der Waals surface area contributed by atoms with Gasteiger partial charge in [-0.15, -0.1) is 0 Å². The summed E-state index contributed by atoms with van der Waals surface area (Å²) in [5.41, 5.74) is 1.02. The lowest BCUT2D eigenvalue weighted by Crippen LogP contribution is -2.36. The fourth-order valence-corrected chi connectivity index (χ4v) is 3.83. The van der Waals surface area contributed by atoms with Gasteiger partial charge in [-0.2, -0.15) is 0 Å². The van der Waals surface area contributed by atoms with E-state index in [1.165, 1.54) is 7.05 Å². The summed E-state index contributed by atoms with van der Waals surface area (Å²) in [6.07, 6.45) is 3.22. The van der Waals surface area contributed by atoms with Crippen LogP contribution in [0.1, 0.15) is 41.6 Å². The molecule has 0 unspecified atom stereocenters. The monoisotopic (exact) mass is 414 g/mol. The Balaban J connectivity index is 1.64. The number of rotatable bonds is 6. The van der Waals surface area contributed by atoms with E-state index < -0.39 is 23.9 Å². The predicted octanol–water partition coefficient (Wildman–Crippen LogP) is 3.69. The molecule has 1 saturated carbocycles. The first-order chi connectivity index (χ1) is 13.9. The minimum Gasteiger partial charge on any atom is -0.455 e. The number of ether oxygens (including phenoxy) is 1. The third kappa shape index (κ3) is 4.77. The average Bonchev–Trinajstić information content (AvgIpc) is 3.23. The van der Waals surface area contributed by atoms with Crippen LogP contribution in [0.3, 0.4) is 0 Å². The predicted molar refractivity (Wildman–Crippen MR) is 111 cm³/mol. The fraction of sp³-hybridized carbons (Fsp3) is 0.318. The zero-order valence-electron chi connectivity index (χ0n) is 16.2. The maximum Gasteiger partial charge on any atom is 0.317 e. The number of anilines is 1. The molecule has 0 aliphatic heterocycles. The van der Waals surface area contributed by atoms with Crippen molar-refractivity contribution >= 4 is 35.1 Å². The summed E-state index contributed by atoms with van der Waals surface area (Å²) in [7, 11) is 1.53. The Morgan fingerprint density at radius 2 is 1.76 bits per heavy atom. The molecule has 1 aliphatic carbocycles. The Morgan fingerprint density at radius 3 is 2.41 bits per heavy atom. The smallest absolute Gasteiger partial charge is 0.317 e. The van der Waals surface area contributed by atoms with Crippen LogP contribution in [-0.2, 0) is 19.7 Å². The molecular formula is C22H23ClN2O4. The standard InChI is InChI=1S/C22H23ClN2O4/c1-24-20(27)15-5-4-6-18(13-15)25-19(26)14-29-21(28)22(11-2-3-12-22)16-7-9-17(23)10-8-16/h4-10,13H,2-3,11-12,14H2,1H3,(H,24,27)(H,25,26). The van der Waals surface area contributed by atoms with Crippen molar-refractivity contribution in [2.24, 2.45) is 0 Å². The molecule has 1 aliphatic rings. The summed E-state index contributed by atoms with van der Waals surface area (Å²) in [5.74, 6) is -1.11. The third-order valence-electron chi connectivity index (χ3n) is 5.21. The van der Waals surface area contributed by atoms with Crippen molar-refractivity contribution in [3.63, 3.8) is 0 Å². The molecule has 29 heavy (non-hydrogen) atoms. The van der Waals surface area contributed by atoms with E-state index in [9.17, 15) is 14.4 Å². The van der Waals surface area contributed by atoms with Gasteiger partial charge in [0.25, 0.3) is 11.8 Å². The fourth-order valence-electron chi connectivity index (χ4n) is 3.71. The van der Waals surface area contributed by atoms with Crippen molar-refractivity contribution in [1.82, 2.24) is 5.32 Å². The van der Waals surface area contributed by atoms with E-state index in [1.54, 1.807) is 36.4 Å². The molecule has 3 rings (SSSR count). The number of amides is 2. The largest absolute Gasteiger partial charge is 0.455 e. The lowest BCUT2D eigenvalue weighted by molar-refractivity contribution is -0.153. The zero-order chi connectivity index (χ0) is 20.9. The van der Waals surface area contributed by atoms with Crippen LogP contribution in [0.15, 0.2) is 48.5 Å². The van der Waals surface area contributed by atoms with Gasteiger partial charge >= 0.3 is 5.97 Å². The molecule has 0 heterocycles. The van der Waals surface area contributed by atoms with Gasteiger partial charge < -0.3 is 15.4 Å². The van der Waals surface area contributed by atoms with Crippen LogP contribution < -0.4 is 10.6 Å². The van der Waals surface area contributed by atoms with Crippen molar-refractivity contribution < 1.29 is 19.1 Å². The van der Waals surface area contributed by atoms with Crippen LogP contribution in [-0.4, -0.2) is 31.4 Å². The highest BCUT2D eigenvalue weighted by Crippen LogP contribution is 2.42. The van der Waals surface area contributed by atoms with Gasteiger partial charge in [0.05, 0.1) is 5.41 Å². The number of carbonyl (C=O) groups is 3. The molecule has 6 nitrogen and oxygen atoms in total. The molecule has 0 saturated heterocycles. The van der Waals surface area contributed by atoms with E-state index in [1.807, 2.05) is 12.1 Å². The van der Waals surface area contributed by atoms with Gasteiger partial charge in [-0.05, 0) is 48.7 Å². The van der Waals surface area contributed by atoms with Gasteiger partial charge in [-0.1, -0.05) is 42.6 Å². The Morgan fingerprint density at radius 1 is 1.07 bits per heavy atom. The van der Waals surface area contributed by atoms with Crippen LogP contribution in [0.25, 0.3) is 0 Å². The first kappa shape index (κ1) is 20.9. The quantitative estimate of drug-likeness (QED) is 0.706. The van der Waals surface area contributed by atoms with E-state index in [0.717, 1.165) is 18.4 Å². The van der Waals surface area contributed by atoms with E-state index in [4.69, 9.17) is 16.3 Å². The Kier molecular flexibility index (Phi) is 6.54. The van der Waals surface area contributed by atoms with E-state index >= 15 is 0 Å². The van der Waals surface area contributed by atoms with E-state index in [2.05, 4.69) is 10.6 Å². The lowest BCUT2D eigenvalue weighted by atomic mass is 9.79. The summed E-state index contributed by atoms with van der Waals surface area (Å²) < 4.78 is 5.38. The molecule has 0 radical (unpaired) electrons. The van der Waals surface area contributed by atoms with Gasteiger partial charge in [0.15, 0.2) is 6.61 Å². The number of nitrogens with one attached hydrogen (secondary N) is 2. The molecule has 2 amide bonds. The molecule has 2 N–H and O–H groups in total. The molecule has 7 heteroatoms. The molecule has 1 fully saturated rings. The lowest BCUT2D eigenvalue weighted by Gasteiger charge is -2.27. The normalized spacial score (nSPS) is 14.8. The number of benzene rings is 2. The topological polar surface area (TPSA) is 84.5 Å². The highest BCUT2D eigenvalue weighted by Gasteiger charge is 2.44. The number of esters is 1. The summed E-state index contributed by atoms with van der Waals surface area (Å²) in [4.78, 5) is 36.9. The highest BCUT2D eigenvalue weighted by molar-refractivity contribution is 6.30. The van der Waals surface area contributed by atoms with E-state index in [-0.39, 0.29) is 5.91 Å². The van der Waals surface area contributed by atoms with E-state index in [0.29, 0.717) is 29.1 Å². The van der Waals surface area contributed by atoms with Crippen LogP contribution in [0, 0.1) is 0 Å². The van der Waals surface area contributed by atoms with Gasteiger partial charge in [0.2, 0.25) is 0 Å². The second-order valence-corrected chi connectivity index (χ2v) is 7.52. The first-order valence-electron chi connectivity index (χ1n) is 9.50. The van der Waals surface area contributed by atoms with Crippen molar-refractivity contribution in [1.29, 1.82) is 0 Å². The van der Waals surface area contributed by atoms with Gasteiger partial charge in [0, 0.05) is 23.3 Å². The number of hydrogen-bond donors (Lipinski definition) is 2. The summed E-state index contributed by atoms with van der Waals surface area (Å²) in [5, 5.41) is 5.79. The molecular weight excluding hydrogens is 392 g/mol. The van der Waals surface area contributed by atoms with Crippen molar-refractivity contribution in [3.05, 3.63) is 64.7 Å². The maximum atomic E-state index is 12.9. The molecule has 2 aromatic rings. The SMILES string of the molecule is CNC(=O)c1cccc(NC(=O)COC(=O)C2(c3ccc(Cl)cc3)CCCC2)c1. The molecule has 0 spiro atoms. The van der Waals surface area contributed by atoms with Crippen LogP contribution in [0.5, 0.6) is 0 Å². The third-order valence-corrected chi connectivity index (χ3v) is 5.47. The minimum absolute atomic E-state index is 0.251. The van der Waals surface area contributed by atoms with Gasteiger partial charge in [-0.3, -0.25) is 14.4 Å². The van der Waals surface area contributed by atoms with Crippen LogP contribution >= 0.6 is 11.6 Å². The Hall–Kier alpha value is -2.86. The second kappa shape index (κ2) is 9.09. The second-order valence-electron chi connectivity index (χ2n) is 7.08. The summed E-state index contributed by atoms with van der Waals surface area (Å²) >= 11 is 5.97. The van der Waals surface area contributed by atoms with Crippen LogP contribution in [0.2, 0.25) is 5.02 Å². The highest BCUT2D eigenvalue weighted by atomic mass is 35.5. The van der Waals surface area contributed by atoms with Crippen LogP contribution in [0.4, 0.5) is 5.69 Å². The summed E-state index contributed by atoms with van der Waals surface area (Å²) in [6.45, 7) is -0.391. The van der Waals surface area contributed by atoms with Crippen molar-refractivity contribution in [2.45, 2.75) is 31.1 Å². The Bertz CT molecular complexity index is 905. The molecule has 152 valence electrons. The number of hydrogen-bond acceptors (Lipinski definition) is 4. The van der Waals surface area contributed by atoms with Gasteiger partial charge in [-0.25, -0.2) is 0 Å². The molecule has 0 bridgehead atoms. The maximum absolute atomic E-state index is 12.9. The number of carbonyl (C=O) groups excluding carboxylic acids is 3. The molecule has 0 aromatic heterocycles. The number of halogens is 1.